The molecule has 9 nitrogen and oxygen atoms in total. The molecule has 50 heavy (non-hydrogen) atoms. The van der Waals surface area contributed by atoms with Crippen LogP contribution in [0.1, 0.15) is 181 Å². The second-order valence-corrected chi connectivity index (χ2v) is 16.5. The van der Waals surface area contributed by atoms with E-state index in [9.17, 15) is 19.0 Å². The van der Waals surface area contributed by atoms with Gasteiger partial charge in [0.25, 0.3) is 0 Å². The van der Waals surface area contributed by atoms with Gasteiger partial charge in [-0.05, 0) is 38.5 Å². The van der Waals surface area contributed by atoms with Crippen LogP contribution < -0.4 is 0 Å². The fourth-order valence-electron chi connectivity index (χ4n) is 5.54. The van der Waals surface area contributed by atoms with E-state index in [1.54, 1.807) is 0 Å². The Morgan fingerprint density at radius 3 is 1.50 bits per heavy atom. The molecule has 0 fully saturated rings. The number of rotatable bonds is 37. The third-order valence-electron chi connectivity index (χ3n) is 8.80. The molecule has 0 saturated carbocycles. The molecule has 0 aromatic carbocycles. The summed E-state index contributed by atoms with van der Waals surface area (Å²) in [5, 5.41) is 0. The minimum absolute atomic E-state index is 0.0318. The molecule has 10 heteroatoms. The number of unbranched alkanes of at least 4 members (excludes halogenated alkanes) is 21. The quantitative estimate of drug-likeness (QED) is 0.0221. The summed E-state index contributed by atoms with van der Waals surface area (Å²) in [5.41, 5.74) is 0. The van der Waals surface area contributed by atoms with E-state index in [0.29, 0.717) is 23.9 Å². The first kappa shape index (κ1) is 48.8. The highest BCUT2D eigenvalue weighted by atomic mass is 31.2. The van der Waals surface area contributed by atoms with Crippen molar-refractivity contribution in [1.82, 2.24) is 0 Å². The zero-order valence-electron chi connectivity index (χ0n) is 33.1. The molecule has 1 unspecified atom stereocenters. The number of hydrogen-bond donors (Lipinski definition) is 1. The van der Waals surface area contributed by atoms with Crippen molar-refractivity contribution in [3.63, 3.8) is 0 Å². The zero-order valence-corrected chi connectivity index (χ0v) is 34.0. The van der Waals surface area contributed by atoms with Crippen molar-refractivity contribution in [3.05, 3.63) is 12.2 Å². The van der Waals surface area contributed by atoms with E-state index in [1.165, 1.54) is 103 Å². The molecule has 0 rings (SSSR count). The molecule has 0 saturated heterocycles. The van der Waals surface area contributed by atoms with Crippen LogP contribution >= 0.6 is 7.82 Å². The number of carbonyl (C=O) groups excluding carboxylic acids is 2. The van der Waals surface area contributed by atoms with E-state index in [1.807, 2.05) is 21.1 Å². The van der Waals surface area contributed by atoms with Crippen LogP contribution in [0.5, 0.6) is 0 Å². The van der Waals surface area contributed by atoms with Gasteiger partial charge in [0.05, 0.1) is 27.7 Å². The number of quaternary nitrogens is 1. The van der Waals surface area contributed by atoms with Crippen LogP contribution in [-0.4, -0.2) is 74.9 Å². The maximum absolute atomic E-state index is 12.6. The molecule has 0 radical (unpaired) electrons. The number of esters is 2. The predicted octanol–water partition coefficient (Wildman–Crippen LogP) is 11.0. The van der Waals surface area contributed by atoms with Crippen LogP contribution in [0.3, 0.4) is 0 Å². The van der Waals surface area contributed by atoms with E-state index in [4.69, 9.17) is 18.5 Å². The Hall–Kier alpha value is -1.25. The molecule has 0 aromatic rings. The number of phosphoric acid groups is 1. The van der Waals surface area contributed by atoms with Crippen molar-refractivity contribution in [2.45, 2.75) is 187 Å². The first-order valence-corrected chi connectivity index (χ1v) is 21.9. The lowest BCUT2D eigenvalue weighted by molar-refractivity contribution is -0.870. The molecule has 296 valence electrons. The maximum Gasteiger partial charge on any atom is 0.472 e. The molecular formula is C40H79NO8P+. The largest absolute Gasteiger partial charge is 0.472 e. The number of hydrogen-bond acceptors (Lipinski definition) is 7. The van der Waals surface area contributed by atoms with Gasteiger partial charge in [0.1, 0.15) is 19.8 Å². The average Bonchev–Trinajstić information content (AvgIpc) is 3.06. The molecule has 0 heterocycles. The summed E-state index contributed by atoms with van der Waals surface area (Å²) in [4.78, 5) is 35.2. The highest BCUT2D eigenvalue weighted by Gasteiger charge is 2.27. The molecule has 1 N–H and O–H groups in total. The van der Waals surface area contributed by atoms with E-state index in [2.05, 4.69) is 26.0 Å². The third kappa shape index (κ3) is 36.5. The summed E-state index contributed by atoms with van der Waals surface area (Å²) in [6.07, 6.45) is 32.5. The fraction of sp³-hybridized carbons (Fsp3) is 0.900. The Bertz CT molecular complexity index is 876. The average molecular weight is 733 g/mol. The summed E-state index contributed by atoms with van der Waals surface area (Å²) in [7, 11) is 1.47. The van der Waals surface area contributed by atoms with E-state index in [0.717, 1.165) is 44.9 Å². The molecule has 0 spiro atoms. The molecule has 0 amide bonds. The summed E-state index contributed by atoms with van der Waals surface area (Å²) in [6, 6.07) is 0. The van der Waals surface area contributed by atoms with Crippen LogP contribution in [0.25, 0.3) is 0 Å². The lowest BCUT2D eigenvalue weighted by Gasteiger charge is -2.24. The number of allylic oxidation sites excluding steroid dienone is 2. The summed E-state index contributed by atoms with van der Waals surface area (Å²) in [5.74, 6) is -0.812. The highest BCUT2D eigenvalue weighted by Crippen LogP contribution is 2.43. The van der Waals surface area contributed by atoms with Gasteiger partial charge in [-0.3, -0.25) is 18.6 Å². The number of carbonyl (C=O) groups is 2. The minimum Gasteiger partial charge on any atom is -0.462 e. The molecule has 0 aliphatic carbocycles. The number of ether oxygens (including phenoxy) is 2. The van der Waals surface area contributed by atoms with Crippen molar-refractivity contribution in [2.24, 2.45) is 0 Å². The second kappa shape index (κ2) is 33.6. The topological polar surface area (TPSA) is 108 Å². The SMILES string of the molecule is CCCCCCCC/C=C/CCCCCC(=O)O[C@H](COC(=O)CCCCCCCCCCCCCCC)COP(=O)(O)OCC[N+](C)(C)C. The Labute approximate surface area is 307 Å². The maximum atomic E-state index is 12.6. The van der Waals surface area contributed by atoms with E-state index >= 15 is 0 Å². The van der Waals surface area contributed by atoms with Gasteiger partial charge in [0.2, 0.25) is 0 Å². The van der Waals surface area contributed by atoms with Gasteiger partial charge in [-0.15, -0.1) is 0 Å². The second-order valence-electron chi connectivity index (χ2n) is 15.0. The van der Waals surface area contributed by atoms with Gasteiger partial charge in [-0.1, -0.05) is 142 Å². The van der Waals surface area contributed by atoms with Gasteiger partial charge in [0, 0.05) is 12.8 Å². The third-order valence-corrected chi connectivity index (χ3v) is 9.78. The molecule has 0 aromatic heterocycles. The van der Waals surface area contributed by atoms with Crippen molar-refractivity contribution < 1.29 is 42.1 Å². The molecule has 0 aliphatic rings. The standard InChI is InChI=1S/C40H78NO8P/c1-6-8-10-12-14-16-18-20-22-24-26-28-30-32-39(42)46-36-38(37-48-50(44,45)47-35-34-41(3,4)5)49-40(43)33-31-29-27-25-23-21-19-17-15-13-11-9-7-2/h21,23,38H,6-20,22,24-37H2,1-5H3/p+1/b23-21+/t38-/m1/s1. The summed E-state index contributed by atoms with van der Waals surface area (Å²) >= 11 is 0. The Morgan fingerprint density at radius 1 is 0.600 bits per heavy atom. The Balaban J connectivity index is 4.42. The number of phosphoric ester groups is 1. The first-order valence-electron chi connectivity index (χ1n) is 20.4. The molecule has 2 atom stereocenters. The Kier molecular flexibility index (Phi) is 32.7. The van der Waals surface area contributed by atoms with Gasteiger partial charge in [-0.25, -0.2) is 4.57 Å². The van der Waals surface area contributed by atoms with Crippen LogP contribution in [-0.2, 0) is 32.7 Å². The van der Waals surface area contributed by atoms with Gasteiger partial charge < -0.3 is 18.9 Å². The molecule has 0 aliphatic heterocycles. The number of likely N-dealkylation sites (N-methyl/N-ethyl adjacent to an activating group) is 1. The van der Waals surface area contributed by atoms with Crippen molar-refractivity contribution >= 4 is 19.8 Å². The lowest BCUT2D eigenvalue weighted by atomic mass is 10.0. The molecular weight excluding hydrogens is 653 g/mol. The lowest BCUT2D eigenvalue weighted by Crippen LogP contribution is -2.37. The number of nitrogens with zero attached hydrogens (tertiary/aromatic N) is 1. The normalized spacial score (nSPS) is 13.8. The molecule has 0 bridgehead atoms. The van der Waals surface area contributed by atoms with Gasteiger partial charge in [0.15, 0.2) is 6.10 Å². The van der Waals surface area contributed by atoms with Crippen LogP contribution in [0.15, 0.2) is 12.2 Å². The van der Waals surface area contributed by atoms with Crippen molar-refractivity contribution in [1.29, 1.82) is 0 Å². The van der Waals surface area contributed by atoms with Crippen LogP contribution in [0.2, 0.25) is 0 Å². The fourth-order valence-corrected chi connectivity index (χ4v) is 6.28. The van der Waals surface area contributed by atoms with E-state index in [-0.39, 0.29) is 25.6 Å². The Morgan fingerprint density at radius 2 is 1.02 bits per heavy atom. The van der Waals surface area contributed by atoms with Crippen molar-refractivity contribution in [3.8, 4) is 0 Å². The monoisotopic (exact) mass is 733 g/mol. The van der Waals surface area contributed by atoms with Gasteiger partial charge >= 0.3 is 19.8 Å². The van der Waals surface area contributed by atoms with Crippen LogP contribution in [0, 0.1) is 0 Å². The van der Waals surface area contributed by atoms with Crippen LogP contribution in [0.4, 0.5) is 0 Å². The summed E-state index contributed by atoms with van der Waals surface area (Å²) in [6.45, 7) is 4.40. The van der Waals surface area contributed by atoms with Crippen molar-refractivity contribution in [2.75, 3.05) is 47.5 Å². The smallest absolute Gasteiger partial charge is 0.462 e. The van der Waals surface area contributed by atoms with Gasteiger partial charge in [-0.2, -0.15) is 0 Å². The zero-order chi connectivity index (χ0) is 37.2. The van der Waals surface area contributed by atoms with E-state index < -0.39 is 26.5 Å². The minimum atomic E-state index is -4.37. The summed E-state index contributed by atoms with van der Waals surface area (Å²) < 4.78 is 34.2. The highest BCUT2D eigenvalue weighted by molar-refractivity contribution is 7.47. The predicted molar refractivity (Wildman–Crippen MR) is 206 cm³/mol. The first-order chi connectivity index (χ1) is 24.0.